The number of rotatable bonds is 2. The Morgan fingerprint density at radius 3 is 2.62 bits per heavy atom. The molecule has 26 heavy (non-hydrogen) atoms. The summed E-state index contributed by atoms with van der Waals surface area (Å²) < 4.78 is 36.2. The maximum atomic E-state index is 14.8. The van der Waals surface area contributed by atoms with Gasteiger partial charge in [0, 0.05) is 0 Å². The number of hydrogen-bond acceptors (Lipinski definition) is 2. The van der Waals surface area contributed by atoms with E-state index in [-0.39, 0.29) is 5.92 Å². The quantitative estimate of drug-likeness (QED) is 0.516. The van der Waals surface area contributed by atoms with Gasteiger partial charge in [0.1, 0.15) is 5.75 Å². The van der Waals surface area contributed by atoms with E-state index in [0.29, 0.717) is 12.2 Å². The van der Waals surface area contributed by atoms with Crippen LogP contribution in [-0.4, -0.2) is 31.1 Å². The number of piperidine rings is 1. The summed E-state index contributed by atoms with van der Waals surface area (Å²) in [5, 5.41) is 0. The Morgan fingerprint density at radius 2 is 1.92 bits per heavy atom. The van der Waals surface area contributed by atoms with Gasteiger partial charge in [-0.25, -0.2) is 0 Å². The highest BCUT2D eigenvalue weighted by Gasteiger charge is 2.50. The second-order valence-corrected chi connectivity index (χ2v) is 9.13. The Bertz CT molecular complexity index is 750. The van der Waals surface area contributed by atoms with Gasteiger partial charge in [-0.15, -0.1) is 0 Å². The van der Waals surface area contributed by atoms with Crippen LogP contribution >= 0.6 is 22.6 Å². The minimum atomic E-state index is -3.08. The smallest absolute Gasteiger partial charge is 0.401 e. The van der Waals surface area contributed by atoms with Crippen LogP contribution < -0.4 is 4.74 Å². The van der Waals surface area contributed by atoms with Crippen molar-refractivity contribution < 1.29 is 13.5 Å². The Kier molecular flexibility index (Phi) is 5.12. The summed E-state index contributed by atoms with van der Waals surface area (Å²) in [7, 11) is 2.05. The highest BCUT2D eigenvalue weighted by Crippen LogP contribution is 2.46. The average Bonchev–Trinajstić information content (AvgIpc) is 2.61. The highest BCUT2D eigenvalue weighted by atomic mass is 127. The fraction of sp³-hybridized carbons (Fsp3) is 0.524. The fourth-order valence-corrected chi connectivity index (χ4v) is 4.77. The molecule has 1 fully saturated rings. The molecule has 0 amide bonds. The molecule has 2 heterocycles. The molecule has 3 aliphatic rings. The lowest BCUT2D eigenvalue weighted by atomic mass is 9.78. The zero-order chi connectivity index (χ0) is 18.3. The van der Waals surface area contributed by atoms with Crippen molar-refractivity contribution in [3.8, 4) is 5.75 Å². The van der Waals surface area contributed by atoms with E-state index in [9.17, 15) is 8.78 Å². The Balaban J connectivity index is 1.57. The average molecular weight is 471 g/mol. The first-order valence-electron chi connectivity index (χ1n) is 9.36. The molecule has 2 aliphatic heterocycles. The van der Waals surface area contributed by atoms with Crippen molar-refractivity contribution in [2.45, 2.75) is 38.2 Å². The van der Waals surface area contributed by atoms with E-state index in [1.165, 1.54) is 9.15 Å². The maximum absolute atomic E-state index is 14.8. The number of likely N-dealkylation sites (tertiary alicyclic amines) is 1. The number of benzene rings is 1. The Labute approximate surface area is 167 Å². The van der Waals surface area contributed by atoms with Gasteiger partial charge in [0.15, 0.2) is 0 Å². The zero-order valence-corrected chi connectivity index (χ0v) is 17.1. The first-order chi connectivity index (χ1) is 12.4. The number of allylic oxidation sites excluding steroid dienone is 4. The van der Waals surface area contributed by atoms with Gasteiger partial charge in [-0.2, -0.15) is 8.78 Å². The van der Waals surface area contributed by atoms with Crippen LogP contribution in [0, 0.1) is 11.8 Å². The summed E-state index contributed by atoms with van der Waals surface area (Å²) in [6, 6.07) is 5.87. The van der Waals surface area contributed by atoms with Crippen molar-refractivity contribution in [1.29, 1.82) is 0 Å². The van der Waals surface area contributed by atoms with Crippen molar-refractivity contribution in [1.82, 2.24) is 4.90 Å². The molecule has 0 spiro atoms. The van der Waals surface area contributed by atoms with Crippen LogP contribution in [-0.2, 0) is 6.42 Å². The Morgan fingerprint density at radius 1 is 1.15 bits per heavy atom. The van der Waals surface area contributed by atoms with Crippen LogP contribution in [0.4, 0.5) is 8.78 Å². The third-order valence-corrected chi connectivity index (χ3v) is 6.89. The van der Waals surface area contributed by atoms with Crippen LogP contribution in [0.25, 0.3) is 5.57 Å². The van der Waals surface area contributed by atoms with Gasteiger partial charge in [-0.05, 0) is 107 Å². The molecule has 0 bridgehead atoms. The molecule has 0 N–H and O–H groups in total. The Hall–Kier alpha value is -0.950. The van der Waals surface area contributed by atoms with Gasteiger partial charge >= 0.3 is 6.11 Å². The predicted octanol–water partition coefficient (Wildman–Crippen LogP) is 5.67. The van der Waals surface area contributed by atoms with Crippen molar-refractivity contribution >= 4 is 28.2 Å². The number of fused-ring (bicyclic) bond motifs is 1. The number of hydrogen-bond donors (Lipinski definition) is 0. The maximum Gasteiger partial charge on any atom is 0.401 e. The van der Waals surface area contributed by atoms with Crippen LogP contribution in [0.15, 0.2) is 33.9 Å². The third kappa shape index (κ3) is 3.70. The zero-order valence-electron chi connectivity index (χ0n) is 15.0. The van der Waals surface area contributed by atoms with Gasteiger partial charge in [-0.3, -0.25) is 0 Å². The molecule has 1 aliphatic carbocycles. The third-order valence-electron chi connectivity index (χ3n) is 5.99. The van der Waals surface area contributed by atoms with Gasteiger partial charge < -0.3 is 9.64 Å². The normalized spacial score (nSPS) is 26.5. The van der Waals surface area contributed by atoms with Crippen LogP contribution in [0.1, 0.15) is 36.8 Å². The number of ether oxygens (including phenoxy) is 1. The minimum Gasteiger partial charge on any atom is -0.432 e. The van der Waals surface area contributed by atoms with Gasteiger partial charge in [0.2, 0.25) is 0 Å². The SMILES string of the molecule is CN1CCC(C2Cc3ccc(C4=CC=C(I)CC4)cc3OC2(F)F)CC1. The van der Waals surface area contributed by atoms with Gasteiger partial charge in [0.05, 0.1) is 5.92 Å². The molecule has 1 unspecified atom stereocenters. The minimum absolute atomic E-state index is 0.0299. The standard InChI is InChI=1S/C21H24F2INO/c1-25-10-8-15(9-11-25)19-12-17-3-2-16(13-20(17)26-21(19,22)23)14-4-6-18(24)7-5-14/h2-4,6,13,15,19H,5,7-12H2,1H3. The van der Waals surface area contributed by atoms with E-state index < -0.39 is 12.0 Å². The van der Waals surface area contributed by atoms with E-state index >= 15 is 0 Å². The van der Waals surface area contributed by atoms with Crippen molar-refractivity contribution in [3.05, 3.63) is 45.1 Å². The van der Waals surface area contributed by atoms with Crippen LogP contribution in [0.5, 0.6) is 5.75 Å². The molecular weight excluding hydrogens is 447 g/mol. The summed E-state index contributed by atoms with van der Waals surface area (Å²) in [4.78, 5) is 2.21. The summed E-state index contributed by atoms with van der Waals surface area (Å²) in [6.07, 6.45) is 5.13. The van der Waals surface area contributed by atoms with Gasteiger partial charge in [-0.1, -0.05) is 24.3 Å². The van der Waals surface area contributed by atoms with E-state index in [2.05, 4.69) is 52.8 Å². The molecule has 5 heteroatoms. The lowest BCUT2D eigenvalue weighted by molar-refractivity contribution is -0.238. The topological polar surface area (TPSA) is 12.5 Å². The number of nitrogens with zero attached hydrogens (tertiary/aromatic N) is 1. The molecule has 0 saturated carbocycles. The molecule has 2 nitrogen and oxygen atoms in total. The number of halogens is 3. The molecule has 1 saturated heterocycles. The van der Waals surface area contributed by atoms with E-state index in [1.807, 2.05) is 12.1 Å². The molecule has 1 aromatic rings. The molecule has 1 aromatic carbocycles. The largest absolute Gasteiger partial charge is 0.432 e. The van der Waals surface area contributed by atoms with E-state index in [1.54, 1.807) is 0 Å². The molecule has 140 valence electrons. The molecule has 1 atom stereocenters. The first kappa shape index (κ1) is 18.4. The van der Waals surface area contributed by atoms with E-state index in [0.717, 1.165) is 49.9 Å². The monoisotopic (exact) mass is 471 g/mol. The summed E-state index contributed by atoms with van der Waals surface area (Å²) in [5.41, 5.74) is 3.11. The number of alkyl halides is 2. The fourth-order valence-electron chi connectivity index (χ4n) is 4.32. The second-order valence-electron chi connectivity index (χ2n) is 7.74. The van der Waals surface area contributed by atoms with Crippen molar-refractivity contribution in [2.24, 2.45) is 11.8 Å². The lowest BCUT2D eigenvalue weighted by Gasteiger charge is -2.40. The molecule has 0 radical (unpaired) electrons. The molecular formula is C21H24F2INO. The second kappa shape index (κ2) is 7.23. The van der Waals surface area contributed by atoms with Crippen molar-refractivity contribution in [2.75, 3.05) is 20.1 Å². The summed E-state index contributed by atoms with van der Waals surface area (Å²) in [5.74, 6) is -0.322. The summed E-state index contributed by atoms with van der Waals surface area (Å²) in [6.45, 7) is 1.78. The first-order valence-corrected chi connectivity index (χ1v) is 10.4. The van der Waals surface area contributed by atoms with Gasteiger partial charge in [0.25, 0.3) is 0 Å². The van der Waals surface area contributed by atoms with Crippen LogP contribution in [0.3, 0.4) is 0 Å². The predicted molar refractivity (Wildman–Crippen MR) is 109 cm³/mol. The van der Waals surface area contributed by atoms with Crippen LogP contribution in [0.2, 0.25) is 0 Å². The molecule has 4 rings (SSSR count). The lowest BCUT2D eigenvalue weighted by Crippen LogP contribution is -2.46. The summed E-state index contributed by atoms with van der Waals surface area (Å²) >= 11 is 2.34. The van der Waals surface area contributed by atoms with Crippen molar-refractivity contribution in [3.63, 3.8) is 0 Å². The highest BCUT2D eigenvalue weighted by molar-refractivity contribution is 14.1. The molecule has 0 aromatic heterocycles. The van der Waals surface area contributed by atoms with E-state index in [4.69, 9.17) is 4.74 Å².